The van der Waals surface area contributed by atoms with Crippen molar-refractivity contribution < 1.29 is 9.90 Å². The van der Waals surface area contributed by atoms with Crippen molar-refractivity contribution in [1.82, 2.24) is 0 Å². The zero-order valence-corrected chi connectivity index (χ0v) is 12.1. The Kier molecular flexibility index (Phi) is 3.45. The number of ketones is 1. The van der Waals surface area contributed by atoms with Crippen LogP contribution in [0.25, 0.3) is 0 Å². The molecular weight excluding hydrogens is 295 g/mol. The third-order valence-corrected chi connectivity index (χ3v) is 4.58. The molecule has 0 spiro atoms. The van der Waals surface area contributed by atoms with Crippen molar-refractivity contribution in [3.8, 4) is 5.75 Å². The molecule has 0 saturated carbocycles. The number of fused-ring (bicyclic) bond motifs is 1. The summed E-state index contributed by atoms with van der Waals surface area (Å²) >= 11 is 12.4. The molecule has 0 amide bonds. The molecule has 1 unspecified atom stereocenters. The summed E-state index contributed by atoms with van der Waals surface area (Å²) in [6.45, 7) is 0. The minimum atomic E-state index is -0.102. The normalized spacial score (nSPS) is 17.9. The van der Waals surface area contributed by atoms with Gasteiger partial charge in [0.05, 0.1) is 10.0 Å². The van der Waals surface area contributed by atoms with Crippen LogP contribution in [0.3, 0.4) is 0 Å². The average Bonchev–Trinajstić information content (AvgIpc) is 2.44. The van der Waals surface area contributed by atoms with Crippen LogP contribution in [0.5, 0.6) is 5.75 Å². The number of carbonyl (C=O) groups is 1. The molecule has 1 atom stereocenters. The van der Waals surface area contributed by atoms with Gasteiger partial charge in [0.1, 0.15) is 5.75 Å². The van der Waals surface area contributed by atoms with E-state index in [4.69, 9.17) is 23.2 Å². The highest BCUT2D eigenvalue weighted by Gasteiger charge is 2.30. The number of carbonyl (C=O) groups excluding carboxylic acids is 1. The zero-order valence-electron chi connectivity index (χ0n) is 10.6. The lowest BCUT2D eigenvalue weighted by Gasteiger charge is -2.26. The molecule has 0 heterocycles. The first-order valence-corrected chi connectivity index (χ1v) is 7.14. The standard InChI is InChI=1S/C16H12Cl2O2/c17-12-5-1-3-10(16(12)18)9-7-8-13(19)11-4-2-6-14(20)15(9)11/h1-6,9,20H,7-8H2. The monoisotopic (exact) mass is 306 g/mol. The fourth-order valence-corrected chi connectivity index (χ4v) is 3.26. The van der Waals surface area contributed by atoms with E-state index in [9.17, 15) is 9.90 Å². The number of halogens is 2. The van der Waals surface area contributed by atoms with Crippen LogP contribution in [0.4, 0.5) is 0 Å². The Morgan fingerprint density at radius 3 is 2.65 bits per heavy atom. The number of benzene rings is 2. The summed E-state index contributed by atoms with van der Waals surface area (Å²) in [5, 5.41) is 11.1. The van der Waals surface area contributed by atoms with Crippen molar-refractivity contribution in [3.05, 3.63) is 63.1 Å². The van der Waals surface area contributed by atoms with E-state index in [1.165, 1.54) is 0 Å². The Morgan fingerprint density at radius 1 is 1.10 bits per heavy atom. The Hall–Kier alpha value is -1.51. The number of hydrogen-bond donors (Lipinski definition) is 1. The minimum absolute atomic E-state index is 0.0605. The summed E-state index contributed by atoms with van der Waals surface area (Å²) in [4.78, 5) is 12.0. The highest BCUT2D eigenvalue weighted by molar-refractivity contribution is 6.42. The third kappa shape index (κ3) is 2.09. The van der Waals surface area contributed by atoms with Crippen LogP contribution in [0.2, 0.25) is 10.0 Å². The van der Waals surface area contributed by atoms with Crippen LogP contribution < -0.4 is 0 Å². The Morgan fingerprint density at radius 2 is 1.85 bits per heavy atom. The van der Waals surface area contributed by atoms with Gasteiger partial charge >= 0.3 is 0 Å². The third-order valence-electron chi connectivity index (χ3n) is 3.75. The van der Waals surface area contributed by atoms with E-state index in [1.54, 1.807) is 24.3 Å². The van der Waals surface area contributed by atoms with Crippen molar-refractivity contribution in [1.29, 1.82) is 0 Å². The second kappa shape index (κ2) is 5.12. The number of phenols is 1. The molecule has 1 aliphatic carbocycles. The Balaban J connectivity index is 2.21. The summed E-state index contributed by atoms with van der Waals surface area (Å²) in [6.07, 6.45) is 1.08. The maximum absolute atomic E-state index is 12.0. The molecule has 1 N–H and O–H groups in total. The predicted molar refractivity (Wildman–Crippen MR) is 80.0 cm³/mol. The number of rotatable bonds is 1. The van der Waals surface area contributed by atoms with Crippen LogP contribution >= 0.6 is 23.2 Å². The van der Waals surface area contributed by atoms with Gasteiger partial charge in [0.25, 0.3) is 0 Å². The molecule has 4 heteroatoms. The largest absolute Gasteiger partial charge is 0.508 e. The second-order valence-corrected chi connectivity index (χ2v) is 5.68. The first-order valence-electron chi connectivity index (χ1n) is 6.38. The summed E-state index contributed by atoms with van der Waals surface area (Å²) in [7, 11) is 0. The first kappa shape index (κ1) is 13.5. The van der Waals surface area contributed by atoms with Crippen molar-refractivity contribution in [3.63, 3.8) is 0 Å². The lowest BCUT2D eigenvalue weighted by Crippen LogP contribution is -2.17. The van der Waals surface area contributed by atoms with Crippen molar-refractivity contribution in [2.45, 2.75) is 18.8 Å². The van der Waals surface area contributed by atoms with Gasteiger partial charge in [-0.15, -0.1) is 0 Å². The van der Waals surface area contributed by atoms with Gasteiger partial charge < -0.3 is 5.11 Å². The van der Waals surface area contributed by atoms with Gasteiger partial charge in [-0.3, -0.25) is 4.79 Å². The van der Waals surface area contributed by atoms with E-state index in [0.717, 1.165) is 5.56 Å². The van der Waals surface area contributed by atoms with Crippen LogP contribution in [-0.4, -0.2) is 10.9 Å². The lowest BCUT2D eigenvalue weighted by atomic mass is 9.78. The van der Waals surface area contributed by atoms with Gasteiger partial charge in [-0.1, -0.05) is 47.5 Å². The van der Waals surface area contributed by atoms with Crippen LogP contribution in [-0.2, 0) is 0 Å². The molecular formula is C16H12Cl2O2. The summed E-state index contributed by atoms with van der Waals surface area (Å²) < 4.78 is 0. The molecule has 0 aromatic heterocycles. The van der Waals surface area contributed by atoms with Crippen molar-refractivity contribution in [2.75, 3.05) is 0 Å². The van der Waals surface area contributed by atoms with Gasteiger partial charge in [0, 0.05) is 23.5 Å². The zero-order chi connectivity index (χ0) is 14.3. The second-order valence-electron chi connectivity index (χ2n) is 4.90. The number of aromatic hydroxyl groups is 1. The number of Topliss-reactive ketones (excluding diaryl/α,β-unsaturated/α-hetero) is 1. The van der Waals surface area contributed by atoms with Gasteiger partial charge in [0.15, 0.2) is 5.78 Å². The van der Waals surface area contributed by atoms with Gasteiger partial charge in [-0.05, 0) is 24.1 Å². The summed E-state index contributed by atoms with van der Waals surface area (Å²) in [5.41, 5.74) is 2.10. The smallest absolute Gasteiger partial charge is 0.163 e. The van der Waals surface area contributed by atoms with Crippen molar-refractivity contribution >= 4 is 29.0 Å². The van der Waals surface area contributed by atoms with E-state index in [-0.39, 0.29) is 17.5 Å². The quantitative estimate of drug-likeness (QED) is 0.821. The molecule has 2 nitrogen and oxygen atoms in total. The molecule has 102 valence electrons. The number of phenolic OH excluding ortho intramolecular Hbond substituents is 1. The topological polar surface area (TPSA) is 37.3 Å². The van der Waals surface area contributed by atoms with Gasteiger partial charge in [0.2, 0.25) is 0 Å². The number of hydrogen-bond acceptors (Lipinski definition) is 2. The highest BCUT2D eigenvalue weighted by atomic mass is 35.5. The molecule has 3 rings (SSSR count). The molecule has 20 heavy (non-hydrogen) atoms. The molecule has 2 aromatic rings. The Bertz CT molecular complexity index is 695. The highest BCUT2D eigenvalue weighted by Crippen LogP contribution is 2.44. The molecule has 0 fully saturated rings. The van der Waals surface area contributed by atoms with Crippen molar-refractivity contribution in [2.24, 2.45) is 0 Å². The van der Waals surface area contributed by atoms with Gasteiger partial charge in [-0.2, -0.15) is 0 Å². The molecule has 0 bridgehead atoms. The maximum atomic E-state index is 12.0. The van der Waals surface area contributed by atoms with Crippen LogP contribution in [0, 0.1) is 0 Å². The molecule has 1 aliphatic rings. The molecule has 2 aromatic carbocycles. The molecule has 0 aliphatic heterocycles. The fourth-order valence-electron chi connectivity index (χ4n) is 2.82. The predicted octanol–water partition coefficient (Wildman–Crippen LogP) is 4.81. The first-order chi connectivity index (χ1) is 9.59. The average molecular weight is 307 g/mol. The SMILES string of the molecule is O=C1CCC(c2cccc(Cl)c2Cl)c2c(O)cccc21. The van der Waals surface area contributed by atoms with Crippen LogP contribution in [0.1, 0.15) is 40.2 Å². The minimum Gasteiger partial charge on any atom is -0.508 e. The Labute approximate surface area is 127 Å². The van der Waals surface area contributed by atoms with E-state index in [1.807, 2.05) is 12.1 Å². The maximum Gasteiger partial charge on any atom is 0.163 e. The van der Waals surface area contributed by atoms with Gasteiger partial charge in [-0.25, -0.2) is 0 Å². The molecule has 0 radical (unpaired) electrons. The van der Waals surface area contributed by atoms with Crippen LogP contribution in [0.15, 0.2) is 36.4 Å². The fraction of sp³-hybridized carbons (Fsp3) is 0.188. The summed E-state index contributed by atoms with van der Waals surface area (Å²) in [6, 6.07) is 10.5. The van der Waals surface area contributed by atoms with E-state index in [0.29, 0.717) is 34.0 Å². The van der Waals surface area contributed by atoms with E-state index in [2.05, 4.69) is 0 Å². The van der Waals surface area contributed by atoms with E-state index < -0.39 is 0 Å². The summed E-state index contributed by atoms with van der Waals surface area (Å²) in [5.74, 6) is 0.0944. The lowest BCUT2D eigenvalue weighted by molar-refractivity contribution is 0.0968. The van der Waals surface area contributed by atoms with E-state index >= 15 is 0 Å². The molecule has 0 saturated heterocycles.